The van der Waals surface area contributed by atoms with E-state index in [-0.39, 0.29) is 29.1 Å². The number of aliphatic hydroxyl groups excluding tert-OH is 4. The summed E-state index contributed by atoms with van der Waals surface area (Å²) < 4.78 is 11.4. The topological polar surface area (TPSA) is 116 Å². The van der Waals surface area contributed by atoms with Crippen LogP contribution in [0.4, 0.5) is 0 Å². The fourth-order valence-electron chi connectivity index (χ4n) is 7.10. The van der Waals surface area contributed by atoms with Gasteiger partial charge in [0.15, 0.2) is 6.29 Å². The van der Waals surface area contributed by atoms with Gasteiger partial charge in [-0.25, -0.2) is 0 Å². The van der Waals surface area contributed by atoms with Gasteiger partial charge in [-0.15, -0.1) is 6.58 Å². The van der Waals surface area contributed by atoms with Crippen molar-refractivity contribution in [2.24, 2.45) is 28.1 Å². The molecule has 10 atom stereocenters. The zero-order valence-electron chi connectivity index (χ0n) is 20.1. The van der Waals surface area contributed by atoms with Gasteiger partial charge in [0, 0.05) is 6.42 Å². The molecule has 4 aliphatic rings. The zero-order chi connectivity index (χ0) is 24.2. The Kier molecular flexibility index (Phi) is 6.71. The summed E-state index contributed by atoms with van der Waals surface area (Å²) in [5, 5.41) is 39.9. The molecule has 3 aliphatic carbocycles. The number of allylic oxidation sites excluding steroid dienone is 3. The Morgan fingerprint density at radius 1 is 1.18 bits per heavy atom. The first-order valence-electron chi connectivity index (χ1n) is 12.3. The van der Waals surface area contributed by atoms with E-state index in [9.17, 15) is 25.2 Å². The van der Waals surface area contributed by atoms with Gasteiger partial charge in [0.1, 0.15) is 30.2 Å². The Bertz CT molecular complexity index is 808. The van der Waals surface area contributed by atoms with Crippen molar-refractivity contribution in [1.29, 1.82) is 0 Å². The molecule has 3 fully saturated rings. The van der Waals surface area contributed by atoms with Gasteiger partial charge in [-0.1, -0.05) is 38.5 Å². The van der Waals surface area contributed by atoms with Gasteiger partial charge in [-0.2, -0.15) is 0 Å². The van der Waals surface area contributed by atoms with E-state index in [4.69, 9.17) is 9.47 Å². The molecule has 0 spiro atoms. The Balaban J connectivity index is 1.55. The van der Waals surface area contributed by atoms with Gasteiger partial charge < -0.3 is 29.9 Å². The van der Waals surface area contributed by atoms with E-state index in [2.05, 4.69) is 32.6 Å². The molecule has 0 aromatic heterocycles. The fourth-order valence-corrected chi connectivity index (χ4v) is 7.10. The van der Waals surface area contributed by atoms with Crippen LogP contribution in [0.1, 0.15) is 59.3 Å². The lowest BCUT2D eigenvalue weighted by Crippen LogP contribution is -2.61. The Labute approximate surface area is 196 Å². The molecule has 0 radical (unpaired) electrons. The van der Waals surface area contributed by atoms with E-state index in [0.717, 1.165) is 32.1 Å². The minimum atomic E-state index is -1.50. The van der Waals surface area contributed by atoms with Crippen LogP contribution in [0.3, 0.4) is 0 Å². The van der Waals surface area contributed by atoms with E-state index in [0.29, 0.717) is 12.3 Å². The molecule has 1 saturated heterocycles. The van der Waals surface area contributed by atoms with Crippen molar-refractivity contribution in [1.82, 2.24) is 0 Å². The van der Waals surface area contributed by atoms with E-state index in [1.807, 2.05) is 6.92 Å². The molecule has 2 saturated carbocycles. The number of rotatable bonds is 5. The Hall–Kier alpha value is -1.09. The highest BCUT2D eigenvalue weighted by molar-refractivity contribution is 5.86. The van der Waals surface area contributed by atoms with Crippen molar-refractivity contribution >= 4 is 5.78 Å². The molecule has 33 heavy (non-hydrogen) atoms. The van der Waals surface area contributed by atoms with Crippen LogP contribution in [0.2, 0.25) is 0 Å². The average molecular weight is 465 g/mol. The molecule has 4 N–H and O–H groups in total. The summed E-state index contributed by atoms with van der Waals surface area (Å²) in [7, 11) is 0. The molecule has 7 heteroatoms. The molecular weight excluding hydrogens is 424 g/mol. The highest BCUT2D eigenvalue weighted by Crippen LogP contribution is 2.63. The number of Topliss-reactive ketones (excluding diaryl/α,β-unsaturated/α-hetero) is 1. The normalized spacial score (nSPS) is 50.2. The second kappa shape index (κ2) is 8.85. The Morgan fingerprint density at radius 3 is 2.58 bits per heavy atom. The molecule has 186 valence electrons. The van der Waals surface area contributed by atoms with Crippen LogP contribution in [-0.4, -0.2) is 70.1 Å². The van der Waals surface area contributed by atoms with Gasteiger partial charge in [0.05, 0.1) is 18.6 Å². The third-order valence-corrected chi connectivity index (χ3v) is 9.45. The molecule has 0 bridgehead atoms. The Morgan fingerprint density at radius 2 is 1.91 bits per heavy atom. The molecule has 0 unspecified atom stereocenters. The number of aliphatic hydroxyl groups is 4. The highest BCUT2D eigenvalue weighted by atomic mass is 16.7. The standard InChI is InChI=1S/C26H40O7/c1-5-24(2)10-8-16-15(12-24)6-7-18-25(16,3)11-9-19(28)26(18,4)14-32-23-22(31)21(30)20(29)17(13-27)33-23/h5-6,16-18,20-23,27,29-31H,1,7-14H2,2-4H3/t16-,17+,18+,20+,21+,22-,23+,24-,25+,26+/m0/s1. The van der Waals surface area contributed by atoms with Crippen LogP contribution in [-0.2, 0) is 14.3 Å². The van der Waals surface area contributed by atoms with Crippen molar-refractivity contribution in [3.05, 3.63) is 24.3 Å². The van der Waals surface area contributed by atoms with Crippen LogP contribution in [0.25, 0.3) is 0 Å². The third-order valence-electron chi connectivity index (χ3n) is 9.45. The molecule has 4 rings (SSSR count). The number of hydrogen-bond donors (Lipinski definition) is 4. The molecule has 1 aliphatic heterocycles. The van der Waals surface area contributed by atoms with Gasteiger partial charge >= 0.3 is 0 Å². The first-order chi connectivity index (χ1) is 15.5. The lowest BCUT2D eigenvalue weighted by atomic mass is 9.45. The number of hydrogen-bond acceptors (Lipinski definition) is 7. The number of carbonyl (C=O) groups excluding carboxylic acids is 1. The van der Waals surface area contributed by atoms with Gasteiger partial charge in [0.2, 0.25) is 0 Å². The average Bonchev–Trinajstić information content (AvgIpc) is 2.80. The lowest BCUT2D eigenvalue weighted by molar-refractivity contribution is -0.307. The first kappa shape index (κ1) is 25.0. The summed E-state index contributed by atoms with van der Waals surface area (Å²) in [5.74, 6) is 0.681. The molecule has 0 aromatic carbocycles. The maximum Gasteiger partial charge on any atom is 0.186 e. The highest BCUT2D eigenvalue weighted by Gasteiger charge is 2.59. The van der Waals surface area contributed by atoms with Crippen LogP contribution >= 0.6 is 0 Å². The van der Waals surface area contributed by atoms with Crippen LogP contribution in [0, 0.1) is 28.1 Å². The number of carbonyl (C=O) groups is 1. The van der Waals surface area contributed by atoms with Crippen molar-refractivity contribution in [3.8, 4) is 0 Å². The van der Waals surface area contributed by atoms with Crippen LogP contribution in [0.15, 0.2) is 24.3 Å². The summed E-state index contributed by atoms with van der Waals surface area (Å²) in [6.07, 6.45) is 3.11. The minimum absolute atomic E-state index is 0.0199. The largest absolute Gasteiger partial charge is 0.394 e. The SMILES string of the molecule is C=C[C@@]1(C)CC[C@H]2C(=CC[C@@H]3[C@]2(C)CCC(=O)[C@]3(C)CO[C@@H]2O[C@H](CO)[C@@H](O)[C@@H](O)[C@@H]2O)C1. The quantitative estimate of drug-likeness (QED) is 0.461. The number of ether oxygens (including phenoxy) is 2. The maximum atomic E-state index is 13.3. The molecule has 7 nitrogen and oxygen atoms in total. The first-order valence-corrected chi connectivity index (χ1v) is 12.3. The van der Waals surface area contributed by atoms with Crippen LogP contribution < -0.4 is 0 Å². The molecule has 0 amide bonds. The van der Waals surface area contributed by atoms with Crippen molar-refractivity contribution in [2.75, 3.05) is 13.2 Å². The van der Waals surface area contributed by atoms with E-state index >= 15 is 0 Å². The summed E-state index contributed by atoms with van der Waals surface area (Å²) in [5.41, 5.74) is 0.848. The van der Waals surface area contributed by atoms with E-state index in [1.165, 1.54) is 5.57 Å². The van der Waals surface area contributed by atoms with Crippen molar-refractivity contribution < 1.29 is 34.7 Å². The lowest BCUT2D eigenvalue weighted by Gasteiger charge is -2.59. The summed E-state index contributed by atoms with van der Waals surface area (Å²) in [4.78, 5) is 13.3. The van der Waals surface area contributed by atoms with Crippen molar-refractivity contribution in [2.45, 2.75) is 90.0 Å². The zero-order valence-corrected chi connectivity index (χ0v) is 20.1. The van der Waals surface area contributed by atoms with Gasteiger partial charge in [0.25, 0.3) is 0 Å². The summed E-state index contributed by atoms with van der Waals surface area (Å²) in [6, 6.07) is 0. The third kappa shape index (κ3) is 4.05. The van der Waals surface area contributed by atoms with Crippen molar-refractivity contribution in [3.63, 3.8) is 0 Å². The van der Waals surface area contributed by atoms with Crippen LogP contribution in [0.5, 0.6) is 0 Å². The second-order valence-corrected chi connectivity index (χ2v) is 11.5. The number of ketones is 1. The molecule has 1 heterocycles. The predicted molar refractivity (Wildman–Crippen MR) is 122 cm³/mol. The summed E-state index contributed by atoms with van der Waals surface area (Å²) in [6.45, 7) is 10.1. The molecule has 0 aromatic rings. The predicted octanol–water partition coefficient (Wildman–Crippen LogP) is 2.12. The van der Waals surface area contributed by atoms with E-state index in [1.54, 1.807) is 0 Å². The minimum Gasteiger partial charge on any atom is -0.394 e. The number of fused-ring (bicyclic) bond motifs is 3. The van der Waals surface area contributed by atoms with Gasteiger partial charge in [-0.05, 0) is 54.8 Å². The van der Waals surface area contributed by atoms with Gasteiger partial charge in [-0.3, -0.25) is 4.79 Å². The summed E-state index contributed by atoms with van der Waals surface area (Å²) >= 11 is 0. The molecular formula is C26H40O7. The maximum absolute atomic E-state index is 13.3. The smallest absolute Gasteiger partial charge is 0.186 e. The van der Waals surface area contributed by atoms with E-state index < -0.39 is 42.7 Å². The monoisotopic (exact) mass is 464 g/mol. The fraction of sp³-hybridized carbons (Fsp3) is 0.808. The second-order valence-electron chi connectivity index (χ2n) is 11.5.